The van der Waals surface area contributed by atoms with E-state index in [0.29, 0.717) is 18.6 Å². The number of rotatable bonds is 2. The van der Waals surface area contributed by atoms with Crippen molar-refractivity contribution in [1.82, 2.24) is 9.62 Å². The minimum absolute atomic E-state index is 0.0946. The number of hydrogen-bond donors (Lipinski definition) is 1. The van der Waals surface area contributed by atoms with Crippen LogP contribution in [0.25, 0.3) is 0 Å². The molecule has 1 aliphatic carbocycles. The first-order valence-electron chi connectivity index (χ1n) is 7.41. The Hall–Kier alpha value is -0.130. The van der Waals surface area contributed by atoms with Gasteiger partial charge in [-0.3, -0.25) is 0 Å². The lowest BCUT2D eigenvalue weighted by Gasteiger charge is -2.30. The van der Waals surface area contributed by atoms with Crippen molar-refractivity contribution in [1.29, 1.82) is 0 Å². The highest BCUT2D eigenvalue weighted by molar-refractivity contribution is 7.89. The van der Waals surface area contributed by atoms with Crippen LogP contribution in [0.4, 0.5) is 0 Å². The van der Waals surface area contributed by atoms with Gasteiger partial charge in [-0.05, 0) is 32.1 Å². The second-order valence-corrected chi connectivity index (χ2v) is 8.30. The van der Waals surface area contributed by atoms with Crippen molar-refractivity contribution in [3.63, 3.8) is 0 Å². The molecule has 3 aliphatic rings. The molecule has 2 heterocycles. The van der Waals surface area contributed by atoms with Crippen LogP contribution in [-0.4, -0.2) is 43.1 Å². The van der Waals surface area contributed by atoms with Crippen molar-refractivity contribution in [3.05, 3.63) is 0 Å². The molecule has 2 aliphatic heterocycles. The second kappa shape index (κ2) is 5.10. The highest BCUT2D eigenvalue weighted by atomic mass is 32.2. The Morgan fingerprint density at radius 2 is 1.61 bits per heavy atom. The molecule has 1 N–H and O–H groups in total. The molecule has 2 atom stereocenters. The van der Waals surface area contributed by atoms with E-state index >= 15 is 0 Å². The maximum Gasteiger partial charge on any atom is 0.217 e. The predicted molar refractivity (Wildman–Crippen MR) is 71.9 cm³/mol. The first-order chi connectivity index (χ1) is 8.66. The summed E-state index contributed by atoms with van der Waals surface area (Å²) in [6, 6.07) is 0.956. The van der Waals surface area contributed by atoms with Crippen LogP contribution >= 0.6 is 0 Å². The van der Waals surface area contributed by atoms with Crippen LogP contribution in [0, 0.1) is 0 Å². The average Bonchev–Trinajstić information content (AvgIpc) is 2.69. The first-order valence-corrected chi connectivity index (χ1v) is 8.91. The van der Waals surface area contributed by atoms with Crippen molar-refractivity contribution >= 4 is 10.0 Å². The van der Waals surface area contributed by atoms with Crippen molar-refractivity contribution in [2.45, 2.75) is 68.7 Å². The molecule has 3 rings (SSSR count). The lowest BCUT2D eigenvalue weighted by Crippen LogP contribution is -2.44. The summed E-state index contributed by atoms with van der Waals surface area (Å²) >= 11 is 0. The van der Waals surface area contributed by atoms with E-state index in [4.69, 9.17) is 0 Å². The molecule has 0 spiro atoms. The summed E-state index contributed by atoms with van der Waals surface area (Å²) in [5.41, 5.74) is 0. The van der Waals surface area contributed by atoms with Gasteiger partial charge in [0.2, 0.25) is 10.0 Å². The van der Waals surface area contributed by atoms with Crippen LogP contribution in [0.3, 0.4) is 0 Å². The van der Waals surface area contributed by atoms with Crippen molar-refractivity contribution in [3.8, 4) is 0 Å². The topological polar surface area (TPSA) is 49.4 Å². The van der Waals surface area contributed by atoms with Gasteiger partial charge >= 0.3 is 0 Å². The summed E-state index contributed by atoms with van der Waals surface area (Å²) in [5, 5.41) is 3.46. The van der Waals surface area contributed by atoms with Crippen LogP contribution in [-0.2, 0) is 10.0 Å². The van der Waals surface area contributed by atoms with Crippen LogP contribution in [0.2, 0.25) is 0 Å². The minimum Gasteiger partial charge on any atom is -0.310 e. The quantitative estimate of drug-likeness (QED) is 0.828. The minimum atomic E-state index is -3.04. The Balaban J connectivity index is 1.72. The van der Waals surface area contributed by atoms with Gasteiger partial charge in [0.25, 0.3) is 0 Å². The lowest BCUT2D eigenvalue weighted by molar-refractivity contribution is 0.366. The Morgan fingerprint density at radius 3 is 2.39 bits per heavy atom. The zero-order valence-electron chi connectivity index (χ0n) is 11.0. The molecule has 0 amide bonds. The van der Waals surface area contributed by atoms with E-state index in [1.165, 1.54) is 12.8 Å². The average molecular weight is 272 g/mol. The van der Waals surface area contributed by atoms with Gasteiger partial charge < -0.3 is 5.32 Å². The van der Waals surface area contributed by atoms with Gasteiger partial charge in [0.1, 0.15) is 0 Å². The van der Waals surface area contributed by atoms with Gasteiger partial charge in [0.15, 0.2) is 0 Å². The largest absolute Gasteiger partial charge is 0.310 e. The summed E-state index contributed by atoms with van der Waals surface area (Å²) in [4.78, 5) is 0. The summed E-state index contributed by atoms with van der Waals surface area (Å²) in [5.74, 6) is 0. The smallest absolute Gasteiger partial charge is 0.217 e. The van der Waals surface area contributed by atoms with Gasteiger partial charge in [0, 0.05) is 25.2 Å². The maximum absolute atomic E-state index is 12.7. The van der Waals surface area contributed by atoms with E-state index in [-0.39, 0.29) is 5.25 Å². The third-order valence-corrected chi connectivity index (χ3v) is 7.18. The van der Waals surface area contributed by atoms with Crippen LogP contribution in [0.1, 0.15) is 51.4 Å². The third-order valence-electron chi connectivity index (χ3n) is 4.82. The van der Waals surface area contributed by atoms with Gasteiger partial charge in [-0.2, -0.15) is 0 Å². The molecule has 2 bridgehead atoms. The summed E-state index contributed by atoms with van der Waals surface area (Å²) in [6.45, 7) is 1.43. The number of fused-ring (bicyclic) bond motifs is 2. The molecular weight excluding hydrogens is 248 g/mol. The van der Waals surface area contributed by atoms with Crippen LogP contribution in [0.5, 0.6) is 0 Å². The standard InChI is InChI=1S/C13H24N2O2S/c16-18(17,13-4-2-1-3-5-13)15-9-8-11-6-7-12(10-15)14-11/h11-14H,1-10H2. The molecule has 0 aromatic rings. The molecule has 5 heteroatoms. The van der Waals surface area contributed by atoms with Crippen molar-refractivity contribution in [2.75, 3.05) is 13.1 Å². The Morgan fingerprint density at radius 1 is 0.889 bits per heavy atom. The normalized spacial score (nSPS) is 35.6. The zero-order chi connectivity index (χ0) is 12.6. The second-order valence-electron chi connectivity index (χ2n) is 6.09. The van der Waals surface area contributed by atoms with Crippen LogP contribution < -0.4 is 5.32 Å². The fourth-order valence-electron chi connectivity index (χ4n) is 3.72. The highest BCUT2D eigenvalue weighted by Crippen LogP contribution is 2.29. The number of sulfonamides is 1. The molecule has 3 fully saturated rings. The fraction of sp³-hybridized carbons (Fsp3) is 1.00. The number of nitrogens with one attached hydrogen (secondary N) is 1. The number of nitrogens with zero attached hydrogens (tertiary/aromatic N) is 1. The molecule has 2 saturated heterocycles. The van der Waals surface area contributed by atoms with E-state index in [2.05, 4.69) is 5.32 Å². The zero-order valence-corrected chi connectivity index (χ0v) is 11.8. The van der Waals surface area contributed by atoms with Gasteiger partial charge in [-0.15, -0.1) is 0 Å². The molecule has 4 nitrogen and oxygen atoms in total. The lowest BCUT2D eigenvalue weighted by atomic mass is 10.0. The summed E-state index contributed by atoms with van der Waals surface area (Å²) < 4.78 is 27.1. The Labute approximate surface area is 110 Å². The first kappa shape index (κ1) is 12.9. The van der Waals surface area contributed by atoms with E-state index < -0.39 is 10.0 Å². The SMILES string of the molecule is O=S(=O)(C1CCCCC1)N1CCC2CCC(C1)N2. The molecule has 0 aromatic heterocycles. The molecule has 0 aromatic carbocycles. The van der Waals surface area contributed by atoms with Gasteiger partial charge in [-0.25, -0.2) is 12.7 Å². The Kier molecular flexibility index (Phi) is 3.65. The van der Waals surface area contributed by atoms with E-state index in [9.17, 15) is 8.42 Å². The summed E-state index contributed by atoms with van der Waals surface area (Å²) in [6.07, 6.45) is 8.48. The van der Waals surface area contributed by atoms with Gasteiger partial charge in [0.05, 0.1) is 5.25 Å². The third kappa shape index (κ3) is 2.45. The van der Waals surface area contributed by atoms with Gasteiger partial charge in [-0.1, -0.05) is 19.3 Å². The highest BCUT2D eigenvalue weighted by Gasteiger charge is 2.38. The Bertz CT molecular complexity index is 390. The summed E-state index contributed by atoms with van der Waals surface area (Å²) in [7, 11) is -3.04. The predicted octanol–water partition coefficient (Wildman–Crippen LogP) is 1.48. The molecule has 104 valence electrons. The fourth-order valence-corrected chi connectivity index (χ4v) is 5.81. The van der Waals surface area contributed by atoms with Crippen molar-refractivity contribution in [2.24, 2.45) is 0 Å². The monoisotopic (exact) mass is 272 g/mol. The molecule has 18 heavy (non-hydrogen) atoms. The maximum atomic E-state index is 12.7. The number of hydrogen-bond acceptors (Lipinski definition) is 3. The van der Waals surface area contributed by atoms with E-state index in [0.717, 1.165) is 45.1 Å². The van der Waals surface area contributed by atoms with E-state index in [1.807, 2.05) is 0 Å². The molecular formula is C13H24N2O2S. The molecule has 1 saturated carbocycles. The molecule has 2 unspecified atom stereocenters. The van der Waals surface area contributed by atoms with Crippen LogP contribution in [0.15, 0.2) is 0 Å². The molecule has 0 radical (unpaired) electrons. The van der Waals surface area contributed by atoms with Crippen molar-refractivity contribution < 1.29 is 8.42 Å². The van der Waals surface area contributed by atoms with E-state index in [1.54, 1.807) is 4.31 Å².